The van der Waals surface area contributed by atoms with Crippen LogP contribution < -0.4 is 14.5 Å². The number of anilines is 2. The Morgan fingerprint density at radius 1 is 1.08 bits per heavy atom. The van der Waals surface area contributed by atoms with Crippen molar-refractivity contribution in [2.75, 3.05) is 43.1 Å². The van der Waals surface area contributed by atoms with Crippen LogP contribution >= 0.6 is 11.5 Å². The van der Waals surface area contributed by atoms with Crippen LogP contribution in [0.3, 0.4) is 0 Å². The minimum Gasteiger partial charge on any atom is -0.497 e. The van der Waals surface area contributed by atoms with Crippen molar-refractivity contribution < 1.29 is 4.74 Å². The Kier molecular flexibility index (Phi) is 3.93. The van der Waals surface area contributed by atoms with Crippen molar-refractivity contribution in [1.29, 1.82) is 0 Å². The summed E-state index contributed by atoms with van der Waals surface area (Å²) in [5.41, 5.74) is 2.21. The number of aromatic nitrogens is 3. The second kappa shape index (κ2) is 6.24. The van der Waals surface area contributed by atoms with E-state index in [1.165, 1.54) is 17.2 Å². The van der Waals surface area contributed by atoms with Crippen molar-refractivity contribution in [2.45, 2.75) is 6.92 Å². The summed E-state index contributed by atoms with van der Waals surface area (Å²) in [5, 5.41) is 2.16. The summed E-state index contributed by atoms with van der Waals surface area (Å²) in [5.74, 6) is 1.71. The van der Waals surface area contributed by atoms with Gasteiger partial charge in [-0.15, -0.1) is 0 Å². The molecule has 124 valence electrons. The van der Waals surface area contributed by atoms with E-state index in [0.29, 0.717) is 0 Å². The van der Waals surface area contributed by atoms with Crippen LogP contribution in [0.5, 0.6) is 5.75 Å². The Morgan fingerprint density at radius 2 is 1.88 bits per heavy atom. The van der Waals surface area contributed by atoms with E-state index in [0.717, 1.165) is 53.8 Å². The molecule has 7 heteroatoms. The normalized spacial score (nSPS) is 15.1. The summed E-state index contributed by atoms with van der Waals surface area (Å²) in [6, 6.07) is 8.12. The van der Waals surface area contributed by atoms with Crippen LogP contribution in [0.2, 0.25) is 0 Å². The topological polar surface area (TPSA) is 54.4 Å². The maximum Gasteiger partial charge on any atom is 0.205 e. The molecule has 0 bridgehead atoms. The SMILES string of the molecule is COc1ccc2nccc(N3CCN(c4nc(C)ns4)CC3)c2c1. The fourth-order valence-electron chi connectivity index (χ4n) is 3.07. The molecule has 0 N–H and O–H groups in total. The van der Waals surface area contributed by atoms with Gasteiger partial charge < -0.3 is 14.5 Å². The molecule has 1 fully saturated rings. The van der Waals surface area contributed by atoms with E-state index in [4.69, 9.17) is 4.74 Å². The van der Waals surface area contributed by atoms with Gasteiger partial charge in [-0.2, -0.15) is 4.37 Å². The fraction of sp³-hybridized carbons (Fsp3) is 0.353. The molecule has 6 nitrogen and oxygen atoms in total. The Morgan fingerprint density at radius 3 is 2.58 bits per heavy atom. The highest BCUT2D eigenvalue weighted by Gasteiger charge is 2.21. The van der Waals surface area contributed by atoms with Crippen molar-refractivity contribution >= 4 is 33.3 Å². The second-order valence-electron chi connectivity index (χ2n) is 5.81. The molecule has 0 saturated carbocycles. The molecule has 1 aromatic carbocycles. The van der Waals surface area contributed by atoms with Crippen LogP contribution in [0, 0.1) is 6.92 Å². The number of hydrogen-bond donors (Lipinski definition) is 0. The number of fused-ring (bicyclic) bond motifs is 1. The first-order valence-corrected chi connectivity index (χ1v) is 8.75. The van der Waals surface area contributed by atoms with Gasteiger partial charge in [0.15, 0.2) is 0 Å². The van der Waals surface area contributed by atoms with Gasteiger partial charge in [0.2, 0.25) is 5.13 Å². The number of methoxy groups -OCH3 is 1. The molecule has 0 unspecified atom stereocenters. The van der Waals surface area contributed by atoms with Gasteiger partial charge in [-0.1, -0.05) is 0 Å². The van der Waals surface area contributed by atoms with Gasteiger partial charge in [-0.3, -0.25) is 4.98 Å². The van der Waals surface area contributed by atoms with E-state index < -0.39 is 0 Å². The van der Waals surface area contributed by atoms with Crippen LogP contribution in [-0.4, -0.2) is 47.6 Å². The van der Waals surface area contributed by atoms with Crippen LogP contribution in [0.25, 0.3) is 10.9 Å². The maximum atomic E-state index is 5.37. The first kappa shape index (κ1) is 15.1. The van der Waals surface area contributed by atoms with Gasteiger partial charge in [-0.25, -0.2) is 4.98 Å². The third-order valence-electron chi connectivity index (χ3n) is 4.33. The Balaban J connectivity index is 1.58. The fourth-order valence-corrected chi connectivity index (χ4v) is 3.79. The Hall–Kier alpha value is -2.41. The lowest BCUT2D eigenvalue weighted by molar-refractivity contribution is 0.415. The number of ether oxygens (including phenoxy) is 1. The number of pyridine rings is 1. The van der Waals surface area contributed by atoms with Gasteiger partial charge in [0, 0.05) is 55.0 Å². The van der Waals surface area contributed by atoms with E-state index in [1.807, 2.05) is 25.3 Å². The molecule has 1 aliphatic heterocycles. The number of rotatable bonds is 3. The highest BCUT2D eigenvalue weighted by Crippen LogP contribution is 2.30. The zero-order valence-corrected chi connectivity index (χ0v) is 14.6. The predicted molar refractivity (Wildman–Crippen MR) is 97.4 cm³/mol. The lowest BCUT2D eigenvalue weighted by Crippen LogP contribution is -2.46. The van der Waals surface area contributed by atoms with Crippen molar-refractivity contribution in [3.8, 4) is 5.75 Å². The molecule has 3 heterocycles. The van der Waals surface area contributed by atoms with Gasteiger partial charge in [0.05, 0.1) is 12.6 Å². The zero-order valence-electron chi connectivity index (χ0n) is 13.8. The van der Waals surface area contributed by atoms with Crippen molar-refractivity contribution in [3.63, 3.8) is 0 Å². The number of nitrogens with zero attached hydrogens (tertiary/aromatic N) is 5. The second-order valence-corrected chi connectivity index (χ2v) is 6.54. The summed E-state index contributed by atoms with van der Waals surface area (Å²) in [4.78, 5) is 13.7. The third-order valence-corrected chi connectivity index (χ3v) is 5.20. The summed E-state index contributed by atoms with van der Waals surface area (Å²) in [6.07, 6.45) is 1.88. The van der Waals surface area contributed by atoms with Gasteiger partial charge in [0.25, 0.3) is 0 Å². The van der Waals surface area contributed by atoms with Gasteiger partial charge >= 0.3 is 0 Å². The Bertz CT molecular complexity index is 857. The monoisotopic (exact) mass is 341 g/mol. The highest BCUT2D eigenvalue weighted by atomic mass is 32.1. The number of hydrogen-bond acceptors (Lipinski definition) is 7. The van der Waals surface area contributed by atoms with Gasteiger partial charge in [0.1, 0.15) is 11.6 Å². The van der Waals surface area contributed by atoms with Crippen LogP contribution in [0.4, 0.5) is 10.8 Å². The summed E-state index contributed by atoms with van der Waals surface area (Å²) >= 11 is 1.48. The van der Waals surface area contributed by atoms with Crippen molar-refractivity contribution in [2.24, 2.45) is 0 Å². The van der Waals surface area contributed by atoms with Crippen molar-refractivity contribution in [3.05, 3.63) is 36.3 Å². The van der Waals surface area contributed by atoms with Crippen LogP contribution in [0.15, 0.2) is 30.5 Å². The van der Waals surface area contributed by atoms with Crippen LogP contribution in [0.1, 0.15) is 5.82 Å². The lowest BCUT2D eigenvalue weighted by atomic mass is 10.1. The van der Waals surface area contributed by atoms with E-state index >= 15 is 0 Å². The molecule has 0 spiro atoms. The molecule has 0 atom stereocenters. The number of benzene rings is 1. The molecule has 4 rings (SSSR count). The number of piperazine rings is 1. The van der Waals surface area contributed by atoms with Crippen molar-refractivity contribution in [1.82, 2.24) is 14.3 Å². The molecular formula is C17H19N5OS. The molecule has 0 amide bonds. The third kappa shape index (κ3) is 2.75. The molecule has 2 aromatic heterocycles. The first-order chi connectivity index (χ1) is 11.7. The quantitative estimate of drug-likeness (QED) is 0.730. The smallest absolute Gasteiger partial charge is 0.205 e. The van der Waals surface area contributed by atoms with Gasteiger partial charge in [-0.05, 0) is 31.2 Å². The summed E-state index contributed by atoms with van der Waals surface area (Å²) < 4.78 is 9.66. The Labute approximate surface area is 144 Å². The zero-order chi connectivity index (χ0) is 16.5. The molecule has 0 aliphatic carbocycles. The molecule has 3 aromatic rings. The number of aryl methyl sites for hydroxylation is 1. The summed E-state index contributed by atoms with van der Waals surface area (Å²) in [7, 11) is 1.69. The van der Waals surface area contributed by atoms with Crippen LogP contribution in [-0.2, 0) is 0 Å². The minimum absolute atomic E-state index is 0.852. The maximum absolute atomic E-state index is 5.37. The highest BCUT2D eigenvalue weighted by molar-refractivity contribution is 7.09. The molecule has 1 aliphatic rings. The first-order valence-electron chi connectivity index (χ1n) is 7.97. The standard InChI is InChI=1S/C17H19N5OS/c1-12-19-17(24-20-12)22-9-7-21(8-10-22)16-5-6-18-15-4-3-13(23-2)11-14(15)16/h3-6,11H,7-10H2,1-2H3. The minimum atomic E-state index is 0.852. The largest absolute Gasteiger partial charge is 0.497 e. The predicted octanol–water partition coefficient (Wildman–Crippen LogP) is 2.73. The van der Waals surface area contributed by atoms with E-state index in [2.05, 4.69) is 36.3 Å². The van der Waals surface area contributed by atoms with E-state index in [-0.39, 0.29) is 0 Å². The summed E-state index contributed by atoms with van der Waals surface area (Å²) in [6.45, 7) is 5.74. The molecule has 24 heavy (non-hydrogen) atoms. The molecular weight excluding hydrogens is 322 g/mol. The lowest BCUT2D eigenvalue weighted by Gasteiger charge is -2.36. The average molecular weight is 341 g/mol. The van der Waals surface area contributed by atoms with E-state index in [1.54, 1.807) is 7.11 Å². The molecule has 0 radical (unpaired) electrons. The van der Waals surface area contributed by atoms with E-state index in [9.17, 15) is 0 Å². The molecule has 1 saturated heterocycles. The average Bonchev–Trinajstić information content (AvgIpc) is 3.07.